The van der Waals surface area contributed by atoms with Gasteiger partial charge >= 0.3 is 13.8 Å². The van der Waals surface area contributed by atoms with Crippen molar-refractivity contribution in [3.05, 3.63) is 48.8 Å². The maximum atomic E-state index is 12.5. The molecule has 8 nitrogen and oxygen atoms in total. The van der Waals surface area contributed by atoms with E-state index in [1.807, 2.05) is 6.08 Å². The maximum Gasteiger partial charge on any atom is 0.472 e. The first-order chi connectivity index (χ1) is 24.4. The largest absolute Gasteiger partial charge is 0.498 e. The lowest BCUT2D eigenvalue weighted by atomic mass is 10.0. The first kappa shape index (κ1) is 48.3. The van der Waals surface area contributed by atoms with E-state index < -0.39 is 13.9 Å². The lowest BCUT2D eigenvalue weighted by molar-refractivity contribution is -0.153. The van der Waals surface area contributed by atoms with Crippen molar-refractivity contribution in [3.8, 4) is 0 Å². The number of unbranched alkanes of at least 4 members (excludes halogenated alkanes) is 19. The molecule has 0 spiro atoms. The fourth-order valence-electron chi connectivity index (χ4n) is 5.32. The van der Waals surface area contributed by atoms with E-state index in [9.17, 15) is 14.3 Å². The minimum Gasteiger partial charge on any atom is -0.498 e. The van der Waals surface area contributed by atoms with E-state index in [0.29, 0.717) is 0 Å². The van der Waals surface area contributed by atoms with Crippen molar-refractivity contribution >= 4 is 13.8 Å². The van der Waals surface area contributed by atoms with Crippen LogP contribution in [0.15, 0.2) is 48.8 Å². The number of hydrogen-bond donors (Lipinski definition) is 2. The Labute approximate surface area is 307 Å². The van der Waals surface area contributed by atoms with Gasteiger partial charge in [0.2, 0.25) is 0 Å². The Kier molecular flexibility index (Phi) is 37.2. The van der Waals surface area contributed by atoms with Gasteiger partial charge in [0.25, 0.3) is 0 Å². The summed E-state index contributed by atoms with van der Waals surface area (Å²) in [6.07, 6.45) is 45.0. The molecule has 0 bridgehead atoms. The Balaban J connectivity index is 4.18. The fraction of sp³-hybridized carbons (Fsp3) is 0.780. The summed E-state index contributed by atoms with van der Waals surface area (Å²) in [4.78, 5) is 22.4. The highest BCUT2D eigenvalue weighted by Crippen LogP contribution is 2.43. The second-order valence-electron chi connectivity index (χ2n) is 13.2. The lowest BCUT2D eigenvalue weighted by Crippen LogP contribution is -2.27. The number of carbonyl (C=O) groups is 1. The number of hydrogen-bond acceptors (Lipinski definition) is 7. The molecule has 0 saturated heterocycles. The van der Waals surface area contributed by atoms with Gasteiger partial charge in [0.05, 0.1) is 19.5 Å². The summed E-state index contributed by atoms with van der Waals surface area (Å²) in [5.74, 6) is -0.374. The topological polar surface area (TPSA) is 117 Å². The summed E-state index contributed by atoms with van der Waals surface area (Å²) in [7, 11) is -4.29. The average Bonchev–Trinajstić information content (AvgIpc) is 3.10. The molecule has 0 heterocycles. The first-order valence-electron chi connectivity index (χ1n) is 20.2. The summed E-state index contributed by atoms with van der Waals surface area (Å²) >= 11 is 0. The quantitative estimate of drug-likeness (QED) is 0.0212. The number of phosphoric ester groups is 1. The second-order valence-corrected chi connectivity index (χ2v) is 14.7. The van der Waals surface area contributed by atoms with Crippen LogP contribution in [0.3, 0.4) is 0 Å². The predicted octanol–water partition coefficient (Wildman–Crippen LogP) is 12.0. The highest BCUT2D eigenvalue weighted by molar-refractivity contribution is 7.47. The van der Waals surface area contributed by atoms with Gasteiger partial charge in [0, 0.05) is 13.0 Å². The monoisotopic (exact) mass is 726 g/mol. The van der Waals surface area contributed by atoms with Gasteiger partial charge in [-0.25, -0.2) is 4.57 Å². The molecule has 0 aliphatic carbocycles. The standard InChI is InChI=1S/C41H76NO7P/c1-3-5-7-9-11-13-15-17-19-20-21-22-24-26-28-30-32-34-41(43)49-40(39-48-50(44,45)47-37-35-42)38-46-36-33-31-29-27-25-23-18-16-14-12-10-8-6-4-2/h11,13,17,19,21-22,33,36,40H,3-10,12,14-16,18,20,23-32,34-35,37-39,42H2,1-2H3,(H,44,45)/t40-/m1/s1. The molecule has 0 amide bonds. The summed E-state index contributed by atoms with van der Waals surface area (Å²) in [6, 6.07) is 0. The first-order valence-corrected chi connectivity index (χ1v) is 21.7. The van der Waals surface area contributed by atoms with Gasteiger partial charge in [-0.15, -0.1) is 0 Å². The molecule has 0 aromatic carbocycles. The van der Waals surface area contributed by atoms with E-state index in [2.05, 4.69) is 50.3 Å². The zero-order valence-electron chi connectivity index (χ0n) is 32.1. The predicted molar refractivity (Wildman–Crippen MR) is 210 cm³/mol. The number of nitrogens with two attached hydrogens (primary N) is 1. The molecule has 0 aromatic rings. The van der Waals surface area contributed by atoms with Crippen molar-refractivity contribution in [2.75, 3.05) is 26.4 Å². The third-order valence-electron chi connectivity index (χ3n) is 8.31. The summed E-state index contributed by atoms with van der Waals surface area (Å²) < 4.78 is 33.1. The van der Waals surface area contributed by atoms with Crippen LogP contribution in [0.5, 0.6) is 0 Å². The third-order valence-corrected chi connectivity index (χ3v) is 9.30. The third kappa shape index (κ3) is 37.6. The fourth-order valence-corrected chi connectivity index (χ4v) is 6.09. The molecule has 0 rings (SSSR count). The molecule has 0 aliphatic rings. The molecule has 9 heteroatoms. The Morgan fingerprint density at radius 1 is 0.620 bits per heavy atom. The van der Waals surface area contributed by atoms with E-state index in [4.69, 9.17) is 24.3 Å². The maximum absolute atomic E-state index is 12.5. The summed E-state index contributed by atoms with van der Waals surface area (Å²) in [5.41, 5.74) is 5.35. The van der Waals surface area contributed by atoms with Crippen molar-refractivity contribution in [1.82, 2.24) is 0 Å². The number of phosphoric acid groups is 1. The highest BCUT2D eigenvalue weighted by atomic mass is 31.2. The number of ether oxygens (including phenoxy) is 2. The van der Waals surface area contributed by atoms with Gasteiger partial charge < -0.3 is 20.1 Å². The smallest absolute Gasteiger partial charge is 0.472 e. The van der Waals surface area contributed by atoms with Crippen LogP contribution < -0.4 is 5.73 Å². The number of carbonyl (C=O) groups excluding carboxylic acids is 1. The Morgan fingerprint density at radius 3 is 1.64 bits per heavy atom. The van der Waals surface area contributed by atoms with Crippen molar-refractivity contribution in [1.29, 1.82) is 0 Å². The van der Waals surface area contributed by atoms with E-state index in [1.54, 1.807) is 6.26 Å². The molecule has 50 heavy (non-hydrogen) atoms. The van der Waals surface area contributed by atoms with E-state index in [1.165, 1.54) is 96.3 Å². The van der Waals surface area contributed by atoms with Crippen LogP contribution >= 0.6 is 7.82 Å². The van der Waals surface area contributed by atoms with Gasteiger partial charge in [-0.2, -0.15) is 0 Å². The molecular weight excluding hydrogens is 649 g/mol. The molecule has 0 fully saturated rings. The number of esters is 1. The molecule has 3 N–H and O–H groups in total. The van der Waals surface area contributed by atoms with Gasteiger partial charge in [0.1, 0.15) is 6.61 Å². The van der Waals surface area contributed by atoms with Crippen LogP contribution in [0.1, 0.15) is 174 Å². The second kappa shape index (κ2) is 38.5. The Bertz CT molecular complexity index is 905. The molecule has 0 saturated carbocycles. The summed E-state index contributed by atoms with van der Waals surface area (Å²) in [5, 5.41) is 0. The van der Waals surface area contributed by atoms with E-state index in [0.717, 1.165) is 57.8 Å². The van der Waals surface area contributed by atoms with Gasteiger partial charge in [-0.05, 0) is 63.9 Å². The lowest BCUT2D eigenvalue weighted by Gasteiger charge is -2.19. The van der Waals surface area contributed by atoms with Crippen LogP contribution in [-0.2, 0) is 27.9 Å². The van der Waals surface area contributed by atoms with Crippen molar-refractivity contribution in [2.24, 2.45) is 5.73 Å². The molecule has 0 radical (unpaired) electrons. The molecule has 1 unspecified atom stereocenters. The van der Waals surface area contributed by atoms with Crippen LogP contribution in [-0.4, -0.2) is 43.3 Å². The molecule has 292 valence electrons. The minimum atomic E-state index is -4.29. The van der Waals surface area contributed by atoms with Crippen LogP contribution in [0, 0.1) is 0 Å². The van der Waals surface area contributed by atoms with Crippen LogP contribution in [0.25, 0.3) is 0 Å². The zero-order chi connectivity index (χ0) is 36.6. The SMILES string of the molecule is CCCCCC=CCC=CCC=CCCCCCCC(=O)O[C@H](COC=CCCCCCCCCCCCCCC)COP(=O)(O)OCCN. The van der Waals surface area contributed by atoms with Crippen LogP contribution in [0.2, 0.25) is 0 Å². The highest BCUT2D eigenvalue weighted by Gasteiger charge is 2.25. The van der Waals surface area contributed by atoms with Crippen molar-refractivity contribution in [2.45, 2.75) is 180 Å². The molecule has 0 aliphatic heterocycles. The molecule has 2 atom stereocenters. The van der Waals surface area contributed by atoms with Crippen LogP contribution in [0.4, 0.5) is 0 Å². The zero-order valence-corrected chi connectivity index (χ0v) is 33.0. The van der Waals surface area contributed by atoms with Crippen molar-refractivity contribution < 1.29 is 32.8 Å². The van der Waals surface area contributed by atoms with Crippen molar-refractivity contribution in [3.63, 3.8) is 0 Å². The van der Waals surface area contributed by atoms with Gasteiger partial charge in [-0.3, -0.25) is 13.8 Å². The molecule has 0 aromatic heterocycles. The Morgan fingerprint density at radius 2 is 1.08 bits per heavy atom. The number of rotatable bonds is 38. The Hall–Kier alpha value is -1.70. The average molecular weight is 726 g/mol. The molecular formula is C41H76NO7P. The summed E-state index contributed by atoms with van der Waals surface area (Å²) in [6.45, 7) is 4.18. The van der Waals surface area contributed by atoms with E-state index in [-0.39, 0.29) is 38.8 Å². The van der Waals surface area contributed by atoms with E-state index >= 15 is 0 Å². The van der Waals surface area contributed by atoms with Gasteiger partial charge in [0.15, 0.2) is 6.10 Å². The normalized spacial score (nSPS) is 14.0. The van der Waals surface area contributed by atoms with Gasteiger partial charge in [-0.1, -0.05) is 147 Å². The number of allylic oxidation sites excluding steroid dienone is 7. The minimum absolute atomic E-state index is 0.0227.